The van der Waals surface area contributed by atoms with Gasteiger partial charge in [-0.25, -0.2) is 4.98 Å². The normalized spacial score (nSPS) is 11.6. The molecule has 4 nitrogen and oxygen atoms in total. The van der Waals surface area contributed by atoms with Crippen LogP contribution in [0, 0.1) is 6.92 Å². The van der Waals surface area contributed by atoms with E-state index in [4.69, 9.17) is 11.6 Å². The number of carbonyl (C=O) groups excluding carboxylic acids is 1. The number of carbonyl (C=O) groups is 1. The molecule has 120 valence electrons. The number of aromatic nitrogens is 1. The number of nitrogens with zero attached hydrogens (tertiary/aromatic N) is 1. The van der Waals surface area contributed by atoms with Crippen LogP contribution in [-0.4, -0.2) is 24.5 Å². The predicted molar refractivity (Wildman–Crippen MR) is 95.0 cm³/mol. The molecule has 0 saturated carbocycles. The molecule has 0 spiro atoms. The Labute approximate surface area is 145 Å². The minimum atomic E-state index is -0.0515. The number of nitrogens with one attached hydrogen (secondary N) is 2. The summed E-state index contributed by atoms with van der Waals surface area (Å²) in [4.78, 5) is 17.3. The number of aryl methyl sites for hydroxylation is 1. The summed E-state index contributed by atoms with van der Waals surface area (Å²) in [6, 6.07) is 7.56. The fourth-order valence-electron chi connectivity index (χ4n) is 2.04. The van der Waals surface area contributed by atoms with Gasteiger partial charge in [0.1, 0.15) is 5.01 Å². The van der Waals surface area contributed by atoms with Gasteiger partial charge in [0.2, 0.25) is 5.91 Å². The molecule has 1 unspecified atom stereocenters. The number of hydrogen-bond acceptors (Lipinski definition) is 4. The van der Waals surface area contributed by atoms with Crippen molar-refractivity contribution in [2.75, 3.05) is 13.6 Å². The molecule has 1 amide bonds. The van der Waals surface area contributed by atoms with Crippen LogP contribution >= 0.6 is 35.3 Å². The highest BCUT2D eigenvalue weighted by Crippen LogP contribution is 2.32. The summed E-state index contributed by atoms with van der Waals surface area (Å²) >= 11 is 7.50. The largest absolute Gasteiger partial charge is 0.348 e. The second-order valence-corrected chi connectivity index (χ2v) is 6.26. The minimum Gasteiger partial charge on any atom is -0.348 e. The summed E-state index contributed by atoms with van der Waals surface area (Å²) in [6.07, 6.45) is 0. The molecule has 1 atom stereocenters. The Balaban J connectivity index is 0.00000242. The molecule has 0 bridgehead atoms. The van der Waals surface area contributed by atoms with Gasteiger partial charge in [-0.05, 0) is 33.0 Å². The van der Waals surface area contributed by atoms with Gasteiger partial charge in [-0.2, -0.15) is 0 Å². The Bertz CT molecular complexity index is 628. The van der Waals surface area contributed by atoms with E-state index < -0.39 is 0 Å². The van der Waals surface area contributed by atoms with Gasteiger partial charge in [-0.15, -0.1) is 23.7 Å². The molecular weight excluding hydrogens is 341 g/mol. The zero-order valence-electron chi connectivity index (χ0n) is 12.6. The summed E-state index contributed by atoms with van der Waals surface area (Å²) in [7, 11) is 1.75. The first-order valence-corrected chi connectivity index (χ1v) is 7.88. The maximum atomic E-state index is 11.6. The Hall–Kier alpha value is -1.14. The lowest BCUT2D eigenvalue weighted by atomic mass is 10.2. The fourth-order valence-corrected chi connectivity index (χ4v) is 3.24. The molecule has 0 aliphatic carbocycles. The molecule has 0 saturated heterocycles. The Morgan fingerprint density at radius 3 is 2.59 bits per heavy atom. The van der Waals surface area contributed by atoms with E-state index in [9.17, 15) is 4.79 Å². The predicted octanol–water partition coefficient (Wildman–Crippen LogP) is 3.59. The summed E-state index contributed by atoms with van der Waals surface area (Å²) in [6.45, 7) is 4.25. The number of amides is 1. The quantitative estimate of drug-likeness (QED) is 0.857. The van der Waals surface area contributed by atoms with Gasteiger partial charge in [0, 0.05) is 10.6 Å². The van der Waals surface area contributed by atoms with Crippen molar-refractivity contribution in [2.45, 2.75) is 19.9 Å². The van der Waals surface area contributed by atoms with E-state index in [0.29, 0.717) is 11.6 Å². The molecule has 0 radical (unpaired) electrons. The number of benzene rings is 1. The molecule has 2 aromatic rings. The van der Waals surface area contributed by atoms with Gasteiger partial charge in [0.15, 0.2) is 0 Å². The van der Waals surface area contributed by atoms with Crippen molar-refractivity contribution in [3.63, 3.8) is 0 Å². The lowest BCUT2D eigenvalue weighted by molar-refractivity contribution is -0.120. The van der Waals surface area contributed by atoms with Gasteiger partial charge < -0.3 is 10.6 Å². The Morgan fingerprint density at radius 1 is 1.36 bits per heavy atom. The monoisotopic (exact) mass is 359 g/mol. The van der Waals surface area contributed by atoms with E-state index in [1.54, 1.807) is 18.4 Å². The minimum absolute atomic E-state index is 0. The SMILES string of the molecule is CNCC(=O)NC(C)c1sc(-c2ccc(Cl)cc2)nc1C.Cl. The van der Waals surface area contributed by atoms with E-state index in [0.717, 1.165) is 21.1 Å². The lowest BCUT2D eigenvalue weighted by Gasteiger charge is -2.12. The van der Waals surface area contributed by atoms with E-state index in [2.05, 4.69) is 15.6 Å². The van der Waals surface area contributed by atoms with E-state index in [1.165, 1.54) is 0 Å². The van der Waals surface area contributed by atoms with Crippen molar-refractivity contribution < 1.29 is 4.79 Å². The highest BCUT2D eigenvalue weighted by atomic mass is 35.5. The third-order valence-electron chi connectivity index (χ3n) is 3.03. The first-order valence-electron chi connectivity index (χ1n) is 6.68. The third-order valence-corrected chi connectivity index (χ3v) is 4.67. The van der Waals surface area contributed by atoms with Crippen LogP contribution in [0.25, 0.3) is 10.6 Å². The van der Waals surface area contributed by atoms with Gasteiger partial charge in [-0.3, -0.25) is 4.79 Å². The van der Waals surface area contributed by atoms with Crippen LogP contribution in [0.4, 0.5) is 0 Å². The standard InChI is InChI=1S/C15H18ClN3OS.ClH/c1-9(18-13(20)8-17-3)14-10(2)19-15(21-14)11-4-6-12(16)7-5-11;/h4-7,9,17H,8H2,1-3H3,(H,18,20);1H. The van der Waals surface area contributed by atoms with Crippen LogP contribution in [0.1, 0.15) is 23.5 Å². The zero-order chi connectivity index (χ0) is 15.4. The highest BCUT2D eigenvalue weighted by Gasteiger charge is 2.16. The van der Waals surface area contributed by atoms with Crippen LogP contribution < -0.4 is 10.6 Å². The lowest BCUT2D eigenvalue weighted by Crippen LogP contribution is -2.33. The Kier molecular flexibility index (Phi) is 7.29. The van der Waals surface area contributed by atoms with Crippen LogP contribution in [0.2, 0.25) is 5.02 Å². The second-order valence-electron chi connectivity index (χ2n) is 4.80. The van der Waals surface area contributed by atoms with Crippen molar-refractivity contribution in [3.05, 3.63) is 39.9 Å². The van der Waals surface area contributed by atoms with Crippen LogP contribution in [0.5, 0.6) is 0 Å². The van der Waals surface area contributed by atoms with Crippen molar-refractivity contribution in [1.29, 1.82) is 0 Å². The molecule has 1 aromatic heterocycles. The topological polar surface area (TPSA) is 54.0 Å². The Morgan fingerprint density at radius 2 is 2.00 bits per heavy atom. The van der Waals surface area contributed by atoms with Gasteiger partial charge in [-0.1, -0.05) is 23.7 Å². The van der Waals surface area contributed by atoms with E-state index in [-0.39, 0.29) is 24.4 Å². The van der Waals surface area contributed by atoms with Crippen molar-refractivity contribution >= 4 is 41.3 Å². The van der Waals surface area contributed by atoms with Crippen LogP contribution in [0.3, 0.4) is 0 Å². The van der Waals surface area contributed by atoms with Gasteiger partial charge in [0.05, 0.1) is 23.2 Å². The first-order chi connectivity index (χ1) is 10.0. The molecule has 2 rings (SSSR count). The van der Waals surface area contributed by atoms with Gasteiger partial charge >= 0.3 is 0 Å². The fraction of sp³-hybridized carbons (Fsp3) is 0.333. The zero-order valence-corrected chi connectivity index (χ0v) is 15.0. The second kappa shape index (κ2) is 8.48. The van der Waals surface area contributed by atoms with E-state index >= 15 is 0 Å². The molecule has 0 aliphatic heterocycles. The van der Waals surface area contributed by atoms with Gasteiger partial charge in [0.25, 0.3) is 0 Å². The van der Waals surface area contributed by atoms with Crippen LogP contribution in [0.15, 0.2) is 24.3 Å². The molecule has 1 heterocycles. The summed E-state index contributed by atoms with van der Waals surface area (Å²) in [5, 5.41) is 7.45. The number of likely N-dealkylation sites (N-methyl/N-ethyl adjacent to an activating group) is 1. The summed E-state index contributed by atoms with van der Waals surface area (Å²) < 4.78 is 0. The van der Waals surface area contributed by atoms with Crippen LogP contribution in [-0.2, 0) is 4.79 Å². The van der Waals surface area contributed by atoms with Crippen molar-refractivity contribution in [1.82, 2.24) is 15.6 Å². The molecule has 22 heavy (non-hydrogen) atoms. The molecule has 1 aromatic carbocycles. The maximum absolute atomic E-state index is 11.6. The average Bonchev–Trinajstić information content (AvgIpc) is 2.82. The molecule has 0 fully saturated rings. The maximum Gasteiger partial charge on any atom is 0.234 e. The third kappa shape index (κ3) is 4.68. The smallest absolute Gasteiger partial charge is 0.234 e. The summed E-state index contributed by atoms with van der Waals surface area (Å²) in [5.41, 5.74) is 1.98. The number of hydrogen-bond donors (Lipinski definition) is 2. The van der Waals surface area contributed by atoms with Crippen molar-refractivity contribution in [3.8, 4) is 10.6 Å². The summed E-state index contributed by atoms with van der Waals surface area (Å²) in [5.74, 6) is -0.0224. The highest BCUT2D eigenvalue weighted by molar-refractivity contribution is 7.15. The van der Waals surface area contributed by atoms with Crippen molar-refractivity contribution in [2.24, 2.45) is 0 Å². The number of halogens is 2. The average molecular weight is 360 g/mol. The molecule has 2 N–H and O–H groups in total. The molecular formula is C15H19Cl2N3OS. The van der Waals surface area contributed by atoms with E-state index in [1.807, 2.05) is 38.1 Å². The first kappa shape index (κ1) is 18.9. The molecule has 7 heteroatoms. The number of thiazole rings is 1. The molecule has 0 aliphatic rings. The number of rotatable bonds is 5.